The molecule has 2 aromatic carbocycles. The van der Waals surface area contributed by atoms with Gasteiger partial charge in [0.15, 0.2) is 17.5 Å². The Hall–Kier alpha value is -2.97. The molecule has 26 heavy (non-hydrogen) atoms. The van der Waals surface area contributed by atoms with E-state index in [0.29, 0.717) is 6.07 Å². The topological polar surface area (TPSA) is 49.4 Å². The minimum atomic E-state index is -1.76. The minimum Gasteiger partial charge on any atom is -0.321 e. The summed E-state index contributed by atoms with van der Waals surface area (Å²) in [5, 5.41) is 2.00. The summed E-state index contributed by atoms with van der Waals surface area (Å²) in [7, 11) is 0. The van der Waals surface area contributed by atoms with Crippen LogP contribution in [-0.2, 0) is 9.59 Å². The van der Waals surface area contributed by atoms with E-state index in [1.165, 1.54) is 0 Å². The molecule has 0 aliphatic heterocycles. The molecule has 2 rings (SSSR count). The molecule has 0 aromatic heterocycles. The van der Waals surface area contributed by atoms with Crippen molar-refractivity contribution in [2.45, 2.75) is 13.3 Å². The van der Waals surface area contributed by atoms with E-state index >= 15 is 0 Å². The number of benzene rings is 2. The summed E-state index contributed by atoms with van der Waals surface area (Å²) in [6.07, 6.45) is -0.466. The monoisotopic (exact) mass is 372 g/mol. The van der Waals surface area contributed by atoms with Crippen LogP contribution in [0, 0.1) is 29.1 Å². The first-order valence-corrected chi connectivity index (χ1v) is 7.37. The Kier molecular flexibility index (Phi) is 5.91. The van der Waals surface area contributed by atoms with E-state index in [1.807, 2.05) is 5.32 Å². The van der Waals surface area contributed by atoms with E-state index in [9.17, 15) is 31.5 Å². The Morgan fingerprint density at radius 1 is 0.923 bits per heavy atom. The maximum absolute atomic E-state index is 13.8. The number of para-hydroxylation sites is 1. The standard InChI is InChI=1S/C17H13F5N2O2/c1-9(25)24(13-6-5-10(18)15(21)16(13)22)8-7-14(26)23-17-11(19)3-2-4-12(17)20/h2-6H,7-8H2,1H3,(H,23,26). The van der Waals surface area contributed by atoms with E-state index in [4.69, 9.17) is 0 Å². The highest BCUT2D eigenvalue weighted by Gasteiger charge is 2.22. The van der Waals surface area contributed by atoms with Crippen LogP contribution >= 0.6 is 0 Å². The van der Waals surface area contributed by atoms with Gasteiger partial charge in [-0.05, 0) is 24.3 Å². The van der Waals surface area contributed by atoms with Crippen molar-refractivity contribution in [1.82, 2.24) is 0 Å². The van der Waals surface area contributed by atoms with Gasteiger partial charge in [0.1, 0.15) is 17.3 Å². The van der Waals surface area contributed by atoms with Crippen molar-refractivity contribution in [2.75, 3.05) is 16.8 Å². The largest absolute Gasteiger partial charge is 0.321 e. The van der Waals surface area contributed by atoms with Crippen LogP contribution in [0.4, 0.5) is 33.3 Å². The maximum Gasteiger partial charge on any atom is 0.226 e. The zero-order chi connectivity index (χ0) is 19.4. The first-order chi connectivity index (χ1) is 12.2. The summed E-state index contributed by atoms with van der Waals surface area (Å²) < 4.78 is 67.2. The van der Waals surface area contributed by atoms with Gasteiger partial charge in [0.2, 0.25) is 11.8 Å². The number of anilines is 2. The third kappa shape index (κ3) is 4.16. The van der Waals surface area contributed by atoms with Gasteiger partial charge < -0.3 is 10.2 Å². The summed E-state index contributed by atoms with van der Waals surface area (Å²) >= 11 is 0. The lowest BCUT2D eigenvalue weighted by Gasteiger charge is -2.21. The number of carbonyl (C=O) groups is 2. The predicted molar refractivity (Wildman–Crippen MR) is 83.9 cm³/mol. The number of halogens is 5. The number of hydrogen-bond donors (Lipinski definition) is 1. The molecule has 0 unspecified atom stereocenters. The lowest BCUT2D eigenvalue weighted by atomic mass is 10.2. The molecule has 2 amide bonds. The van der Waals surface area contributed by atoms with Crippen LogP contribution in [0.15, 0.2) is 30.3 Å². The Balaban J connectivity index is 2.13. The summed E-state index contributed by atoms with van der Waals surface area (Å²) in [6, 6.07) is 4.49. The number of carbonyl (C=O) groups excluding carboxylic acids is 2. The van der Waals surface area contributed by atoms with Gasteiger partial charge in [-0.3, -0.25) is 9.59 Å². The first-order valence-electron chi connectivity index (χ1n) is 7.37. The molecule has 4 nitrogen and oxygen atoms in total. The van der Waals surface area contributed by atoms with Crippen LogP contribution in [0.25, 0.3) is 0 Å². The SMILES string of the molecule is CC(=O)N(CCC(=O)Nc1c(F)cccc1F)c1ccc(F)c(F)c1F. The van der Waals surface area contributed by atoms with E-state index in [2.05, 4.69) is 0 Å². The van der Waals surface area contributed by atoms with Crippen LogP contribution < -0.4 is 10.2 Å². The molecule has 0 atom stereocenters. The molecular weight excluding hydrogens is 359 g/mol. The van der Waals surface area contributed by atoms with Gasteiger partial charge in [-0.25, -0.2) is 22.0 Å². The van der Waals surface area contributed by atoms with Crippen molar-refractivity contribution in [3.05, 3.63) is 59.4 Å². The summed E-state index contributed by atoms with van der Waals surface area (Å²) in [4.78, 5) is 24.3. The van der Waals surface area contributed by atoms with E-state index in [1.54, 1.807) is 0 Å². The van der Waals surface area contributed by atoms with Crippen molar-refractivity contribution < 1.29 is 31.5 Å². The fourth-order valence-corrected chi connectivity index (χ4v) is 2.20. The van der Waals surface area contributed by atoms with Gasteiger partial charge in [0.25, 0.3) is 0 Å². The highest BCUT2D eigenvalue weighted by Crippen LogP contribution is 2.24. The molecule has 0 radical (unpaired) electrons. The number of amides is 2. The normalized spacial score (nSPS) is 10.5. The highest BCUT2D eigenvalue weighted by molar-refractivity contribution is 5.95. The number of rotatable bonds is 5. The van der Waals surface area contributed by atoms with Crippen LogP contribution in [0.1, 0.15) is 13.3 Å². The second kappa shape index (κ2) is 7.94. The molecule has 0 saturated heterocycles. The maximum atomic E-state index is 13.8. The molecule has 0 aliphatic rings. The highest BCUT2D eigenvalue weighted by atomic mass is 19.2. The molecule has 0 saturated carbocycles. The molecule has 9 heteroatoms. The van der Waals surface area contributed by atoms with Crippen LogP contribution in [-0.4, -0.2) is 18.4 Å². The average Bonchev–Trinajstić information content (AvgIpc) is 2.58. The summed E-state index contributed by atoms with van der Waals surface area (Å²) in [5.41, 5.74) is -1.22. The average molecular weight is 372 g/mol. The Morgan fingerprint density at radius 3 is 2.12 bits per heavy atom. The van der Waals surface area contributed by atoms with Crippen molar-refractivity contribution in [3.63, 3.8) is 0 Å². The Labute approximate surface area is 145 Å². The molecule has 0 heterocycles. The van der Waals surface area contributed by atoms with Gasteiger partial charge in [-0.2, -0.15) is 0 Å². The molecule has 0 bridgehead atoms. The second-order valence-electron chi connectivity index (χ2n) is 5.26. The second-order valence-corrected chi connectivity index (χ2v) is 5.26. The molecule has 0 fully saturated rings. The molecule has 0 spiro atoms. The zero-order valence-electron chi connectivity index (χ0n) is 13.5. The number of nitrogens with zero attached hydrogens (tertiary/aromatic N) is 1. The molecular formula is C17H13F5N2O2. The fraction of sp³-hybridized carbons (Fsp3) is 0.176. The molecule has 0 aliphatic carbocycles. The van der Waals surface area contributed by atoms with Gasteiger partial charge in [0, 0.05) is 19.9 Å². The smallest absolute Gasteiger partial charge is 0.226 e. The summed E-state index contributed by atoms with van der Waals surface area (Å²) in [6.45, 7) is 0.619. The predicted octanol–water partition coefficient (Wildman–Crippen LogP) is 3.76. The van der Waals surface area contributed by atoms with Crippen LogP contribution in [0.3, 0.4) is 0 Å². The first kappa shape index (κ1) is 19.4. The van der Waals surface area contributed by atoms with E-state index in [-0.39, 0.29) is 0 Å². The van der Waals surface area contributed by atoms with Gasteiger partial charge in [-0.1, -0.05) is 6.07 Å². The number of hydrogen-bond acceptors (Lipinski definition) is 2. The quantitative estimate of drug-likeness (QED) is 0.642. The van der Waals surface area contributed by atoms with Crippen LogP contribution in [0.2, 0.25) is 0 Å². The Bertz CT molecular complexity index is 837. The zero-order valence-corrected chi connectivity index (χ0v) is 13.5. The molecule has 138 valence electrons. The van der Waals surface area contributed by atoms with Gasteiger partial charge in [-0.15, -0.1) is 0 Å². The molecule has 2 aromatic rings. The van der Waals surface area contributed by atoms with Crippen molar-refractivity contribution in [1.29, 1.82) is 0 Å². The van der Waals surface area contributed by atoms with Crippen molar-refractivity contribution in [2.24, 2.45) is 0 Å². The van der Waals surface area contributed by atoms with Gasteiger partial charge in [0.05, 0.1) is 5.69 Å². The lowest BCUT2D eigenvalue weighted by Crippen LogP contribution is -2.33. The Morgan fingerprint density at radius 2 is 1.54 bits per heavy atom. The third-order valence-electron chi connectivity index (χ3n) is 3.48. The van der Waals surface area contributed by atoms with Crippen molar-refractivity contribution >= 4 is 23.2 Å². The van der Waals surface area contributed by atoms with Crippen molar-refractivity contribution in [3.8, 4) is 0 Å². The van der Waals surface area contributed by atoms with Crippen LogP contribution in [0.5, 0.6) is 0 Å². The summed E-state index contributed by atoms with van der Waals surface area (Å²) in [5.74, 6) is -8.35. The lowest BCUT2D eigenvalue weighted by molar-refractivity contribution is -0.117. The van der Waals surface area contributed by atoms with E-state index < -0.39 is 65.2 Å². The third-order valence-corrected chi connectivity index (χ3v) is 3.48. The number of nitrogens with one attached hydrogen (secondary N) is 1. The minimum absolute atomic E-state index is 0.417. The molecule has 1 N–H and O–H groups in total. The van der Waals surface area contributed by atoms with E-state index in [0.717, 1.165) is 36.1 Å². The van der Waals surface area contributed by atoms with Gasteiger partial charge >= 0.3 is 0 Å². The fourth-order valence-electron chi connectivity index (χ4n) is 2.20.